The summed E-state index contributed by atoms with van der Waals surface area (Å²) in [5.74, 6) is -0.507. The molecule has 10 heteroatoms. The third-order valence-corrected chi connectivity index (χ3v) is 5.10. The molecule has 1 aromatic carbocycles. The molecule has 6 nitrogen and oxygen atoms in total. The minimum atomic E-state index is -4.69. The summed E-state index contributed by atoms with van der Waals surface area (Å²) in [6.07, 6.45) is -2.54. The second-order valence-corrected chi connectivity index (χ2v) is 7.57. The first-order chi connectivity index (χ1) is 15.2. The zero-order chi connectivity index (χ0) is 22.9. The Morgan fingerprint density at radius 3 is 2.53 bits per heavy atom. The minimum Gasteiger partial charge on any atom is -0.340 e. The van der Waals surface area contributed by atoms with E-state index in [1.807, 2.05) is 12.1 Å². The Morgan fingerprint density at radius 2 is 1.88 bits per heavy atom. The molecule has 0 aliphatic carbocycles. The highest BCUT2D eigenvalue weighted by Crippen LogP contribution is 2.32. The molecule has 0 atom stereocenters. The van der Waals surface area contributed by atoms with Gasteiger partial charge in [-0.25, -0.2) is 9.50 Å². The van der Waals surface area contributed by atoms with Crippen LogP contribution in [-0.4, -0.2) is 44.0 Å². The summed E-state index contributed by atoms with van der Waals surface area (Å²) >= 11 is 5.87. The van der Waals surface area contributed by atoms with Crippen LogP contribution in [0, 0.1) is 0 Å². The molecule has 4 rings (SSSR count). The number of benzene rings is 1. The summed E-state index contributed by atoms with van der Waals surface area (Å²) in [5, 5.41) is 4.37. The van der Waals surface area contributed by atoms with Crippen LogP contribution in [0.1, 0.15) is 21.9 Å². The number of fused-ring (bicyclic) bond motifs is 1. The molecule has 0 unspecified atom stereocenters. The van der Waals surface area contributed by atoms with Gasteiger partial charge in [0.1, 0.15) is 0 Å². The molecule has 0 radical (unpaired) electrons. The van der Waals surface area contributed by atoms with Crippen LogP contribution in [0.25, 0.3) is 16.9 Å². The van der Waals surface area contributed by atoms with E-state index in [4.69, 9.17) is 11.6 Å². The number of aromatic nitrogens is 4. The Morgan fingerprint density at radius 1 is 1.12 bits per heavy atom. The van der Waals surface area contributed by atoms with Crippen molar-refractivity contribution in [3.05, 3.63) is 82.9 Å². The third-order valence-electron chi connectivity index (χ3n) is 4.85. The number of rotatable bonds is 5. The zero-order valence-electron chi connectivity index (χ0n) is 16.8. The molecule has 0 N–H and O–H groups in total. The highest BCUT2D eigenvalue weighted by molar-refractivity contribution is 6.30. The van der Waals surface area contributed by atoms with Crippen LogP contribution in [0.5, 0.6) is 0 Å². The molecule has 3 heterocycles. The molecule has 0 aliphatic rings. The summed E-state index contributed by atoms with van der Waals surface area (Å²) in [4.78, 5) is 22.7. The van der Waals surface area contributed by atoms with Gasteiger partial charge in [-0.2, -0.15) is 18.3 Å². The van der Waals surface area contributed by atoms with Crippen LogP contribution in [-0.2, 0) is 12.6 Å². The van der Waals surface area contributed by atoms with E-state index in [2.05, 4.69) is 15.1 Å². The van der Waals surface area contributed by atoms with Crippen molar-refractivity contribution < 1.29 is 18.0 Å². The molecule has 0 aliphatic heterocycles. The number of halogens is 4. The van der Waals surface area contributed by atoms with Crippen LogP contribution < -0.4 is 0 Å². The maximum atomic E-state index is 13.7. The Balaban J connectivity index is 1.67. The lowest BCUT2D eigenvalue weighted by Gasteiger charge is -2.15. The molecule has 0 bridgehead atoms. The second kappa shape index (κ2) is 8.58. The van der Waals surface area contributed by atoms with E-state index in [9.17, 15) is 18.0 Å². The summed E-state index contributed by atoms with van der Waals surface area (Å²) < 4.78 is 41.9. The van der Waals surface area contributed by atoms with E-state index in [0.29, 0.717) is 28.1 Å². The topological polar surface area (TPSA) is 63.4 Å². The minimum absolute atomic E-state index is 0.0775. The van der Waals surface area contributed by atoms with Gasteiger partial charge < -0.3 is 4.90 Å². The van der Waals surface area contributed by atoms with Crippen molar-refractivity contribution in [3.63, 3.8) is 0 Å². The van der Waals surface area contributed by atoms with E-state index in [1.165, 1.54) is 11.0 Å². The van der Waals surface area contributed by atoms with Gasteiger partial charge in [0.2, 0.25) is 0 Å². The van der Waals surface area contributed by atoms with Crippen LogP contribution >= 0.6 is 11.6 Å². The SMILES string of the molecule is CN(CCc1ccccn1)C(=O)c1cc2nc(-c3ccc(Cl)cc3)cc(C(F)(F)F)n2n1. The van der Waals surface area contributed by atoms with Gasteiger partial charge in [0.15, 0.2) is 17.0 Å². The maximum Gasteiger partial charge on any atom is 0.433 e. The zero-order valence-corrected chi connectivity index (χ0v) is 17.6. The summed E-state index contributed by atoms with van der Waals surface area (Å²) in [5.41, 5.74) is 0.136. The van der Waals surface area contributed by atoms with Gasteiger partial charge in [-0.05, 0) is 30.3 Å². The number of hydrogen-bond donors (Lipinski definition) is 0. The fourth-order valence-corrected chi connectivity index (χ4v) is 3.30. The van der Waals surface area contributed by atoms with Crippen molar-refractivity contribution in [1.82, 2.24) is 24.5 Å². The Bertz CT molecular complexity index is 1260. The molecule has 4 aromatic rings. The number of alkyl halides is 3. The summed E-state index contributed by atoms with van der Waals surface area (Å²) in [7, 11) is 1.56. The lowest BCUT2D eigenvalue weighted by atomic mass is 10.1. The van der Waals surface area contributed by atoms with Crippen molar-refractivity contribution in [3.8, 4) is 11.3 Å². The van der Waals surface area contributed by atoms with Gasteiger partial charge >= 0.3 is 6.18 Å². The summed E-state index contributed by atoms with van der Waals surface area (Å²) in [6.45, 7) is 0.333. The van der Waals surface area contributed by atoms with Gasteiger partial charge in [-0.15, -0.1) is 0 Å². The first kappa shape index (κ1) is 21.8. The van der Waals surface area contributed by atoms with Crippen molar-refractivity contribution in [2.75, 3.05) is 13.6 Å². The molecule has 0 saturated heterocycles. The van der Waals surface area contributed by atoms with Crippen molar-refractivity contribution in [1.29, 1.82) is 0 Å². The molecule has 32 heavy (non-hydrogen) atoms. The quantitative estimate of drug-likeness (QED) is 0.431. The maximum absolute atomic E-state index is 13.7. The first-order valence-corrected chi connectivity index (χ1v) is 9.99. The molecule has 164 valence electrons. The number of likely N-dealkylation sites (N-methyl/N-ethyl adjacent to an activating group) is 1. The predicted molar refractivity (Wildman–Crippen MR) is 113 cm³/mol. The van der Waals surface area contributed by atoms with Crippen molar-refractivity contribution >= 4 is 23.2 Å². The number of carbonyl (C=O) groups excluding carboxylic acids is 1. The van der Waals surface area contributed by atoms with Crippen molar-refractivity contribution in [2.24, 2.45) is 0 Å². The van der Waals surface area contributed by atoms with Gasteiger partial charge in [-0.3, -0.25) is 9.78 Å². The normalized spacial score (nSPS) is 11.7. The average molecular weight is 460 g/mol. The first-order valence-electron chi connectivity index (χ1n) is 9.62. The fourth-order valence-electron chi connectivity index (χ4n) is 3.17. The molecule has 3 aromatic heterocycles. The molecule has 0 spiro atoms. The number of amides is 1. The monoisotopic (exact) mass is 459 g/mol. The second-order valence-electron chi connectivity index (χ2n) is 7.13. The lowest BCUT2D eigenvalue weighted by molar-refractivity contribution is -0.142. The van der Waals surface area contributed by atoms with E-state index in [-0.39, 0.29) is 17.0 Å². The van der Waals surface area contributed by atoms with E-state index in [0.717, 1.165) is 11.8 Å². The van der Waals surface area contributed by atoms with E-state index in [1.54, 1.807) is 43.6 Å². The number of pyridine rings is 1. The van der Waals surface area contributed by atoms with Crippen LogP contribution in [0.2, 0.25) is 5.02 Å². The predicted octanol–water partition coefficient (Wildman–Crippen LogP) is 4.78. The van der Waals surface area contributed by atoms with Crippen LogP contribution in [0.4, 0.5) is 13.2 Å². The molecule has 0 fully saturated rings. The third kappa shape index (κ3) is 4.57. The van der Waals surface area contributed by atoms with Gasteiger partial charge in [0, 0.05) is 48.6 Å². The summed E-state index contributed by atoms with van der Waals surface area (Å²) in [6, 6.07) is 13.9. The molecule has 1 amide bonds. The Hall–Kier alpha value is -3.46. The largest absolute Gasteiger partial charge is 0.433 e. The average Bonchev–Trinajstić information content (AvgIpc) is 3.21. The fraction of sp³-hybridized carbons (Fsp3) is 0.182. The van der Waals surface area contributed by atoms with Crippen LogP contribution in [0.15, 0.2) is 60.8 Å². The molecular formula is C22H17ClF3N5O. The highest BCUT2D eigenvalue weighted by Gasteiger charge is 2.35. The van der Waals surface area contributed by atoms with Gasteiger partial charge in [0.25, 0.3) is 5.91 Å². The standard InChI is InChI=1S/C22H17ClF3N5O/c1-30(11-9-16-4-2-3-10-27-16)21(32)18-13-20-28-17(14-5-7-15(23)8-6-14)12-19(22(24,25)26)31(20)29-18/h2-8,10,12-13H,9,11H2,1H3. The number of hydrogen-bond acceptors (Lipinski definition) is 4. The smallest absolute Gasteiger partial charge is 0.340 e. The Kier molecular flexibility index (Phi) is 5.84. The number of carbonyl (C=O) groups is 1. The van der Waals surface area contributed by atoms with Crippen molar-refractivity contribution in [2.45, 2.75) is 12.6 Å². The number of nitrogens with zero attached hydrogens (tertiary/aromatic N) is 5. The molecular weight excluding hydrogens is 443 g/mol. The van der Waals surface area contributed by atoms with E-state index >= 15 is 0 Å². The molecule has 0 saturated carbocycles. The Labute approximate surface area is 186 Å². The van der Waals surface area contributed by atoms with Gasteiger partial charge in [-0.1, -0.05) is 29.8 Å². The van der Waals surface area contributed by atoms with E-state index < -0.39 is 17.8 Å². The lowest BCUT2D eigenvalue weighted by Crippen LogP contribution is -2.29. The van der Waals surface area contributed by atoms with Crippen LogP contribution in [0.3, 0.4) is 0 Å². The highest BCUT2D eigenvalue weighted by atomic mass is 35.5. The van der Waals surface area contributed by atoms with Gasteiger partial charge in [0.05, 0.1) is 5.69 Å².